The quantitative estimate of drug-likeness (QED) is 0.406. The molecule has 0 aromatic carbocycles. The number of thiophene rings is 1. The van der Waals surface area contributed by atoms with E-state index in [9.17, 15) is 8.42 Å². The molecule has 0 fully saturated rings. The fourth-order valence-corrected chi connectivity index (χ4v) is 5.85. The summed E-state index contributed by atoms with van der Waals surface area (Å²) in [5.74, 6) is 0.0575. The normalized spacial score (nSPS) is 11.5. The second-order valence-corrected chi connectivity index (χ2v) is 8.82. The maximum Gasteiger partial charge on any atom is 0.210 e. The first-order chi connectivity index (χ1) is 9.77. The summed E-state index contributed by atoms with van der Waals surface area (Å²) in [5.41, 5.74) is 11.0. The molecule has 0 aliphatic rings. The van der Waals surface area contributed by atoms with Crippen LogP contribution in [0.3, 0.4) is 0 Å². The van der Waals surface area contributed by atoms with Gasteiger partial charge >= 0.3 is 0 Å². The van der Waals surface area contributed by atoms with E-state index in [1.807, 2.05) is 0 Å². The Hall–Kier alpha value is -1.10. The van der Waals surface area contributed by atoms with Crippen LogP contribution in [0.25, 0.3) is 0 Å². The molecule has 0 saturated carbocycles. The van der Waals surface area contributed by atoms with Crippen LogP contribution in [0.4, 0.5) is 5.82 Å². The van der Waals surface area contributed by atoms with E-state index >= 15 is 0 Å². The van der Waals surface area contributed by atoms with Crippen LogP contribution in [0, 0.1) is 5.41 Å². The molecule has 0 unspecified atom stereocenters. The lowest BCUT2D eigenvalue weighted by molar-refractivity contribution is 0.594. The Balaban J connectivity index is 2.63. The number of rotatable bonds is 4. The second kappa shape index (κ2) is 5.95. The lowest BCUT2D eigenvalue weighted by Crippen LogP contribution is -2.09. The van der Waals surface area contributed by atoms with E-state index in [-0.39, 0.29) is 21.4 Å². The smallest absolute Gasteiger partial charge is 0.210 e. The highest BCUT2D eigenvalue weighted by molar-refractivity contribution is 9.10. The molecule has 2 aromatic heterocycles. The molecule has 6 nitrogen and oxygen atoms in total. The minimum absolute atomic E-state index is 0.0341. The van der Waals surface area contributed by atoms with Crippen molar-refractivity contribution in [3.63, 3.8) is 0 Å². The number of hydrogen-bond donors (Lipinski definition) is 3. The van der Waals surface area contributed by atoms with Crippen LogP contribution in [-0.2, 0) is 9.84 Å². The second-order valence-electron chi connectivity index (χ2n) is 3.92. The van der Waals surface area contributed by atoms with Crippen molar-refractivity contribution in [2.45, 2.75) is 14.0 Å². The first kappa shape index (κ1) is 16.3. The van der Waals surface area contributed by atoms with E-state index in [1.54, 1.807) is 6.26 Å². The van der Waals surface area contributed by atoms with Gasteiger partial charge in [-0.1, -0.05) is 0 Å². The molecule has 0 saturated heterocycles. The Morgan fingerprint density at radius 2 is 2.14 bits per heavy atom. The van der Waals surface area contributed by atoms with Crippen molar-refractivity contribution in [2.24, 2.45) is 5.73 Å². The number of aromatic nitrogens is 1. The van der Waals surface area contributed by atoms with Gasteiger partial charge in [-0.25, -0.2) is 13.4 Å². The van der Waals surface area contributed by atoms with Crippen LogP contribution in [0.15, 0.2) is 36.8 Å². The van der Waals surface area contributed by atoms with Gasteiger partial charge in [0.1, 0.15) is 11.7 Å². The van der Waals surface area contributed by atoms with Crippen LogP contribution in [-0.4, -0.2) is 25.5 Å². The third-order valence-corrected chi connectivity index (χ3v) is 7.50. The zero-order valence-electron chi connectivity index (χ0n) is 10.8. The number of pyridine rings is 1. The predicted octanol–water partition coefficient (Wildman–Crippen LogP) is 2.33. The molecule has 0 aliphatic carbocycles. The predicted molar refractivity (Wildman–Crippen MR) is 88.9 cm³/mol. The number of nitrogens with two attached hydrogens (primary N) is 2. The van der Waals surface area contributed by atoms with E-state index in [4.69, 9.17) is 16.9 Å². The monoisotopic (exact) mass is 406 g/mol. The number of anilines is 1. The third-order valence-electron chi connectivity index (χ3n) is 2.56. The number of sulfone groups is 1. The van der Waals surface area contributed by atoms with Crippen LogP contribution >= 0.6 is 39.0 Å². The number of halogens is 1. The zero-order valence-corrected chi connectivity index (χ0v) is 14.8. The maximum atomic E-state index is 12.7. The van der Waals surface area contributed by atoms with Crippen LogP contribution in [0.2, 0.25) is 0 Å². The zero-order chi connectivity index (χ0) is 15.8. The van der Waals surface area contributed by atoms with Gasteiger partial charge in [0.05, 0.1) is 23.4 Å². The summed E-state index contributed by atoms with van der Waals surface area (Å²) in [6, 6.07) is 2.82. The molecule has 2 heterocycles. The molecule has 21 heavy (non-hydrogen) atoms. The molecule has 2 aromatic rings. The lowest BCUT2D eigenvalue weighted by atomic mass is 10.4. The van der Waals surface area contributed by atoms with E-state index in [0.717, 1.165) is 0 Å². The van der Waals surface area contributed by atoms with Gasteiger partial charge in [-0.05, 0) is 34.3 Å². The third kappa shape index (κ3) is 3.07. The Bertz CT molecular complexity index is 817. The van der Waals surface area contributed by atoms with Gasteiger partial charge in [0.15, 0.2) is 0 Å². The minimum Gasteiger partial charge on any atom is -0.383 e. The molecule has 0 spiro atoms. The summed E-state index contributed by atoms with van der Waals surface area (Å²) < 4.78 is 26.4. The summed E-state index contributed by atoms with van der Waals surface area (Å²) in [6.07, 6.45) is 2.98. The van der Waals surface area contributed by atoms with Gasteiger partial charge in [-0.15, -0.1) is 23.1 Å². The van der Waals surface area contributed by atoms with Crippen molar-refractivity contribution in [1.29, 1.82) is 5.41 Å². The number of nitrogens with zero attached hydrogens (tertiary/aromatic N) is 1. The summed E-state index contributed by atoms with van der Waals surface area (Å²) in [7, 11) is -3.74. The molecular formula is C11H11BrN4O2S3. The van der Waals surface area contributed by atoms with Gasteiger partial charge < -0.3 is 11.5 Å². The van der Waals surface area contributed by atoms with Gasteiger partial charge in [0.2, 0.25) is 9.84 Å². The Morgan fingerprint density at radius 1 is 1.48 bits per heavy atom. The molecule has 0 amide bonds. The summed E-state index contributed by atoms with van der Waals surface area (Å²) in [6.45, 7) is 0. The SMILES string of the molecule is CSc1sc(C(=N)N)cc1S(=O)(=O)c1cnc(N)c(Br)c1. The molecule has 0 aliphatic heterocycles. The Kier molecular flexibility index (Phi) is 4.61. The fraction of sp³-hybridized carbons (Fsp3) is 0.0909. The number of nitrogen functional groups attached to an aromatic ring is 2. The van der Waals surface area contributed by atoms with Crippen molar-refractivity contribution in [3.8, 4) is 0 Å². The number of nitrogens with one attached hydrogen (secondary N) is 1. The topological polar surface area (TPSA) is 123 Å². The van der Waals surface area contributed by atoms with E-state index in [2.05, 4.69) is 20.9 Å². The molecule has 112 valence electrons. The Morgan fingerprint density at radius 3 is 2.67 bits per heavy atom. The molecule has 2 rings (SSSR count). The number of hydrogen-bond acceptors (Lipinski definition) is 7. The summed E-state index contributed by atoms with van der Waals surface area (Å²) in [4.78, 5) is 4.43. The van der Waals surface area contributed by atoms with Crippen LogP contribution in [0.1, 0.15) is 4.88 Å². The van der Waals surface area contributed by atoms with Crippen LogP contribution < -0.4 is 11.5 Å². The average Bonchev–Trinajstić information content (AvgIpc) is 2.86. The molecular weight excluding hydrogens is 396 g/mol. The van der Waals surface area contributed by atoms with Crippen molar-refractivity contribution in [3.05, 3.63) is 27.7 Å². The standard InChI is InChI=1S/C11H11BrN4O2S3/c1-19-11-8(3-7(20-11)9(13)14)21(17,18)5-2-6(12)10(15)16-4-5/h2-4H,1H3,(H3,13,14)(H2,15,16). The average molecular weight is 407 g/mol. The fourth-order valence-electron chi connectivity index (χ4n) is 1.52. The number of amidine groups is 1. The summed E-state index contributed by atoms with van der Waals surface area (Å²) >= 11 is 5.63. The van der Waals surface area contributed by atoms with Crippen molar-refractivity contribution < 1.29 is 8.42 Å². The highest BCUT2D eigenvalue weighted by atomic mass is 79.9. The van der Waals surface area contributed by atoms with Crippen LogP contribution in [0.5, 0.6) is 0 Å². The molecule has 0 atom stereocenters. The van der Waals surface area contributed by atoms with E-state index in [1.165, 1.54) is 41.4 Å². The molecule has 5 N–H and O–H groups in total. The molecule has 0 bridgehead atoms. The molecule has 10 heteroatoms. The minimum atomic E-state index is -3.74. The maximum absolute atomic E-state index is 12.7. The molecule has 0 radical (unpaired) electrons. The van der Waals surface area contributed by atoms with Crippen molar-refractivity contribution in [2.75, 3.05) is 12.0 Å². The van der Waals surface area contributed by atoms with Crippen molar-refractivity contribution >= 4 is 60.5 Å². The summed E-state index contributed by atoms with van der Waals surface area (Å²) in [5, 5.41) is 7.44. The van der Waals surface area contributed by atoms with Crippen molar-refractivity contribution in [1.82, 2.24) is 4.98 Å². The lowest BCUT2D eigenvalue weighted by Gasteiger charge is -2.05. The first-order valence-corrected chi connectivity index (χ1v) is 9.77. The largest absolute Gasteiger partial charge is 0.383 e. The number of thioether (sulfide) groups is 1. The highest BCUT2D eigenvalue weighted by Gasteiger charge is 2.25. The van der Waals surface area contributed by atoms with Gasteiger partial charge in [0.25, 0.3) is 0 Å². The highest BCUT2D eigenvalue weighted by Crippen LogP contribution is 2.37. The van der Waals surface area contributed by atoms with E-state index < -0.39 is 9.84 Å². The van der Waals surface area contributed by atoms with Gasteiger partial charge in [-0.2, -0.15) is 0 Å². The first-order valence-electron chi connectivity index (χ1n) is 5.45. The van der Waals surface area contributed by atoms with Gasteiger partial charge in [0, 0.05) is 6.20 Å². The van der Waals surface area contributed by atoms with Gasteiger partial charge in [-0.3, -0.25) is 5.41 Å². The van der Waals surface area contributed by atoms with E-state index in [0.29, 0.717) is 13.6 Å². The Labute approximate surface area is 138 Å².